The number of hydrogen-bond donors (Lipinski definition) is 1. The first kappa shape index (κ1) is 20.3. The molecular weight excluding hydrogens is 382 g/mol. The molecule has 1 aliphatic rings. The Bertz CT molecular complexity index is 879. The van der Waals surface area contributed by atoms with Gasteiger partial charge < -0.3 is 14.6 Å². The molecule has 2 heterocycles. The minimum absolute atomic E-state index is 0.0619. The van der Waals surface area contributed by atoms with Gasteiger partial charge in [-0.1, -0.05) is 17.8 Å². The number of nitro groups is 1. The summed E-state index contributed by atoms with van der Waals surface area (Å²) in [6.07, 6.45) is 2.20. The first-order valence-corrected chi connectivity index (χ1v) is 9.97. The maximum absolute atomic E-state index is 12.6. The average Bonchev–Trinajstić information content (AvgIpc) is 3.28. The van der Waals surface area contributed by atoms with E-state index in [9.17, 15) is 14.9 Å². The molecule has 1 aliphatic heterocycles. The molecule has 28 heavy (non-hydrogen) atoms. The molecule has 1 aromatic carbocycles. The van der Waals surface area contributed by atoms with Crippen LogP contribution in [-0.2, 0) is 16.1 Å². The summed E-state index contributed by atoms with van der Waals surface area (Å²) in [6, 6.07) is 4.40. The number of carbonyl (C=O) groups excluding carboxylic acids is 1. The maximum atomic E-state index is 12.6. The number of carbonyl (C=O) groups is 1. The van der Waals surface area contributed by atoms with E-state index in [0.29, 0.717) is 17.4 Å². The second-order valence-electron chi connectivity index (χ2n) is 6.78. The van der Waals surface area contributed by atoms with Gasteiger partial charge >= 0.3 is 0 Å². The van der Waals surface area contributed by atoms with Gasteiger partial charge in [-0.25, -0.2) is 0 Å². The molecule has 3 rings (SSSR count). The van der Waals surface area contributed by atoms with Gasteiger partial charge in [0, 0.05) is 18.7 Å². The van der Waals surface area contributed by atoms with Crippen molar-refractivity contribution >= 4 is 29.0 Å². The molecule has 1 saturated heterocycles. The zero-order valence-electron chi connectivity index (χ0n) is 16.0. The third-order valence-corrected chi connectivity index (χ3v) is 5.73. The number of benzene rings is 1. The van der Waals surface area contributed by atoms with Crippen LogP contribution in [0.5, 0.6) is 0 Å². The van der Waals surface area contributed by atoms with Crippen LogP contribution in [0.4, 0.5) is 11.4 Å². The molecule has 0 radical (unpaired) electrons. The number of non-ortho nitro benzene ring substituents is 1. The maximum Gasteiger partial charge on any atom is 0.271 e. The minimum atomic E-state index is -0.483. The van der Waals surface area contributed by atoms with Gasteiger partial charge in [-0.05, 0) is 39.2 Å². The van der Waals surface area contributed by atoms with Crippen LogP contribution in [0, 0.1) is 24.0 Å². The zero-order chi connectivity index (χ0) is 20.3. The largest absolute Gasteiger partial charge is 0.376 e. The van der Waals surface area contributed by atoms with E-state index in [2.05, 4.69) is 15.5 Å². The number of ether oxygens (including phenoxy) is 1. The molecule has 0 spiro atoms. The molecule has 0 aliphatic carbocycles. The number of thioether (sulfide) groups is 1. The molecule has 0 bridgehead atoms. The van der Waals surface area contributed by atoms with Crippen molar-refractivity contribution in [3.63, 3.8) is 0 Å². The van der Waals surface area contributed by atoms with Gasteiger partial charge in [-0.3, -0.25) is 14.9 Å². The van der Waals surface area contributed by atoms with E-state index >= 15 is 0 Å². The Balaban J connectivity index is 1.68. The van der Waals surface area contributed by atoms with E-state index in [-0.39, 0.29) is 17.7 Å². The highest BCUT2D eigenvalue weighted by molar-refractivity contribution is 8.00. The first-order valence-electron chi connectivity index (χ1n) is 9.09. The Morgan fingerprint density at radius 1 is 1.46 bits per heavy atom. The van der Waals surface area contributed by atoms with Crippen molar-refractivity contribution in [3.05, 3.63) is 39.7 Å². The molecule has 0 unspecified atom stereocenters. The number of aryl methyl sites for hydroxylation is 2. The number of amides is 1. The molecular formula is C18H23N5O4S. The van der Waals surface area contributed by atoms with E-state index in [0.717, 1.165) is 30.8 Å². The van der Waals surface area contributed by atoms with E-state index < -0.39 is 10.2 Å². The van der Waals surface area contributed by atoms with Crippen molar-refractivity contribution in [3.8, 4) is 0 Å². The minimum Gasteiger partial charge on any atom is -0.376 e. The third-order valence-electron chi connectivity index (χ3n) is 4.65. The van der Waals surface area contributed by atoms with Gasteiger partial charge in [0.1, 0.15) is 5.82 Å². The van der Waals surface area contributed by atoms with Crippen molar-refractivity contribution in [1.29, 1.82) is 0 Å². The van der Waals surface area contributed by atoms with Gasteiger partial charge in [0.05, 0.1) is 28.5 Å². The molecule has 150 valence electrons. The Morgan fingerprint density at radius 2 is 2.25 bits per heavy atom. The van der Waals surface area contributed by atoms with Crippen molar-refractivity contribution in [1.82, 2.24) is 14.8 Å². The normalized spacial score (nSPS) is 17.5. The molecule has 1 aromatic heterocycles. The van der Waals surface area contributed by atoms with Crippen LogP contribution in [0.15, 0.2) is 23.4 Å². The van der Waals surface area contributed by atoms with Crippen LogP contribution in [0.2, 0.25) is 0 Å². The average molecular weight is 405 g/mol. The van der Waals surface area contributed by atoms with E-state index in [1.54, 1.807) is 19.9 Å². The second kappa shape index (κ2) is 8.70. The van der Waals surface area contributed by atoms with Crippen LogP contribution >= 0.6 is 11.8 Å². The molecule has 10 heteroatoms. The lowest BCUT2D eigenvalue weighted by molar-refractivity contribution is -0.384. The van der Waals surface area contributed by atoms with Crippen LogP contribution in [-0.4, -0.2) is 43.6 Å². The molecule has 2 aromatic rings. The van der Waals surface area contributed by atoms with E-state index in [1.165, 1.54) is 23.9 Å². The van der Waals surface area contributed by atoms with Crippen LogP contribution < -0.4 is 5.32 Å². The van der Waals surface area contributed by atoms with Crippen molar-refractivity contribution in [2.75, 3.05) is 11.9 Å². The zero-order valence-corrected chi connectivity index (χ0v) is 16.9. The first-order chi connectivity index (χ1) is 13.3. The quantitative estimate of drug-likeness (QED) is 0.428. The molecule has 9 nitrogen and oxygen atoms in total. The summed E-state index contributed by atoms with van der Waals surface area (Å²) in [4.78, 5) is 23.1. The van der Waals surface area contributed by atoms with Gasteiger partial charge in [0.2, 0.25) is 5.91 Å². The number of aromatic nitrogens is 3. The molecule has 1 amide bonds. The SMILES string of the molecule is Cc1ccc([N+](=O)[O-])cc1NC(=O)[C@H](C)Sc1nnc(C)n1C[C@H]1CCCO1. The van der Waals surface area contributed by atoms with Crippen molar-refractivity contribution in [2.24, 2.45) is 0 Å². The highest BCUT2D eigenvalue weighted by atomic mass is 32.2. The molecule has 1 N–H and O–H groups in total. The lowest BCUT2D eigenvalue weighted by Crippen LogP contribution is -2.24. The molecule has 2 atom stereocenters. The standard InChI is InChI=1S/C18H23N5O4S/c1-11-6-7-14(23(25)26)9-16(11)19-17(24)12(2)28-18-21-20-13(3)22(18)10-15-5-4-8-27-15/h6-7,9,12,15H,4-5,8,10H2,1-3H3,(H,19,24)/t12-,15+/m0/s1. The Hall–Kier alpha value is -2.46. The van der Waals surface area contributed by atoms with E-state index in [1.807, 2.05) is 11.5 Å². The number of nitrogens with one attached hydrogen (secondary N) is 1. The third kappa shape index (κ3) is 4.68. The van der Waals surface area contributed by atoms with Crippen LogP contribution in [0.25, 0.3) is 0 Å². The number of hydrogen-bond acceptors (Lipinski definition) is 7. The Kier molecular flexibility index (Phi) is 6.30. The fourth-order valence-corrected chi connectivity index (χ4v) is 3.86. The monoisotopic (exact) mass is 405 g/mol. The summed E-state index contributed by atoms with van der Waals surface area (Å²) in [6.45, 7) is 6.88. The summed E-state index contributed by atoms with van der Waals surface area (Å²) < 4.78 is 7.67. The lowest BCUT2D eigenvalue weighted by Gasteiger charge is -2.16. The second-order valence-corrected chi connectivity index (χ2v) is 8.09. The molecule has 0 saturated carbocycles. The number of rotatable bonds is 7. The Labute approximate surface area is 167 Å². The summed E-state index contributed by atoms with van der Waals surface area (Å²) in [7, 11) is 0. The van der Waals surface area contributed by atoms with Gasteiger partial charge in [-0.15, -0.1) is 10.2 Å². The van der Waals surface area contributed by atoms with Gasteiger partial charge in [-0.2, -0.15) is 0 Å². The smallest absolute Gasteiger partial charge is 0.271 e. The fraction of sp³-hybridized carbons (Fsp3) is 0.500. The summed E-state index contributed by atoms with van der Waals surface area (Å²) >= 11 is 1.31. The Morgan fingerprint density at radius 3 is 2.93 bits per heavy atom. The fourth-order valence-electron chi connectivity index (χ4n) is 2.96. The van der Waals surface area contributed by atoms with Crippen LogP contribution in [0.1, 0.15) is 31.2 Å². The lowest BCUT2D eigenvalue weighted by atomic mass is 10.2. The number of anilines is 1. The predicted octanol–water partition coefficient (Wildman–Crippen LogP) is 3.10. The highest BCUT2D eigenvalue weighted by Crippen LogP contribution is 2.27. The summed E-state index contributed by atoms with van der Waals surface area (Å²) in [5, 5.41) is 22.3. The molecule has 1 fully saturated rings. The van der Waals surface area contributed by atoms with Crippen LogP contribution in [0.3, 0.4) is 0 Å². The van der Waals surface area contributed by atoms with Gasteiger partial charge in [0.15, 0.2) is 5.16 Å². The summed E-state index contributed by atoms with van der Waals surface area (Å²) in [5.41, 5.74) is 1.13. The van der Waals surface area contributed by atoms with Crippen molar-refractivity contribution < 1.29 is 14.5 Å². The number of nitro benzene ring substituents is 1. The topological polar surface area (TPSA) is 112 Å². The van der Waals surface area contributed by atoms with Crippen molar-refractivity contribution in [2.45, 2.75) is 56.7 Å². The highest BCUT2D eigenvalue weighted by Gasteiger charge is 2.23. The number of nitrogens with zero attached hydrogens (tertiary/aromatic N) is 4. The van der Waals surface area contributed by atoms with E-state index in [4.69, 9.17) is 4.74 Å². The van der Waals surface area contributed by atoms with Gasteiger partial charge in [0.25, 0.3) is 5.69 Å². The summed E-state index contributed by atoms with van der Waals surface area (Å²) in [5.74, 6) is 0.526. The predicted molar refractivity (Wildman–Crippen MR) is 106 cm³/mol.